The van der Waals surface area contributed by atoms with Crippen molar-refractivity contribution in [2.45, 2.75) is 77.5 Å². The van der Waals surface area contributed by atoms with E-state index in [1.165, 1.54) is 15.6 Å². The lowest BCUT2D eigenvalue weighted by Gasteiger charge is -2.30. The third-order valence-corrected chi connectivity index (χ3v) is 7.65. The second kappa shape index (κ2) is 11.0. The Bertz CT molecular complexity index is 615. The van der Waals surface area contributed by atoms with Gasteiger partial charge in [-0.2, -0.15) is 0 Å². The van der Waals surface area contributed by atoms with Gasteiger partial charge in [0.25, 0.3) is 0 Å². The molecule has 0 aromatic carbocycles. The van der Waals surface area contributed by atoms with Crippen molar-refractivity contribution in [3.63, 3.8) is 0 Å². The van der Waals surface area contributed by atoms with Crippen LogP contribution in [0.1, 0.15) is 62.0 Å². The number of nitrogens with one attached hydrogen (secondary N) is 2. The van der Waals surface area contributed by atoms with Crippen molar-refractivity contribution in [3.8, 4) is 0 Å². The fourth-order valence-corrected chi connectivity index (χ4v) is 5.81. The standard InChI is InChI=1S/C19H34N4OS2/c1-5-17-14(4)25-18(23-17)11-12-21-19(20-6-2)22-15-9-8-10-16(13-15)26(24)7-3/h15-16H,5-13H2,1-4H3,(H2,20,21,22). The van der Waals surface area contributed by atoms with Crippen LogP contribution in [-0.2, 0) is 23.6 Å². The molecule has 7 heteroatoms. The highest BCUT2D eigenvalue weighted by Gasteiger charge is 2.26. The second-order valence-electron chi connectivity index (χ2n) is 6.77. The summed E-state index contributed by atoms with van der Waals surface area (Å²) in [4.78, 5) is 10.8. The number of nitrogens with zero attached hydrogens (tertiary/aromatic N) is 2. The zero-order valence-corrected chi connectivity index (χ0v) is 18.3. The molecule has 0 spiro atoms. The Labute approximate surface area is 164 Å². The van der Waals surface area contributed by atoms with E-state index in [-0.39, 0.29) is 0 Å². The van der Waals surface area contributed by atoms with Gasteiger partial charge in [0.2, 0.25) is 0 Å². The monoisotopic (exact) mass is 398 g/mol. The van der Waals surface area contributed by atoms with Gasteiger partial charge in [0.05, 0.1) is 10.7 Å². The molecule has 26 heavy (non-hydrogen) atoms. The van der Waals surface area contributed by atoms with Crippen LogP contribution in [0.4, 0.5) is 0 Å². The van der Waals surface area contributed by atoms with Gasteiger partial charge in [-0.1, -0.05) is 20.3 Å². The van der Waals surface area contributed by atoms with Gasteiger partial charge in [-0.25, -0.2) is 4.98 Å². The van der Waals surface area contributed by atoms with Crippen molar-refractivity contribution >= 4 is 28.1 Å². The Kier molecular flexibility index (Phi) is 9.05. The molecule has 1 aliphatic carbocycles. The maximum Gasteiger partial charge on any atom is 0.191 e. The minimum absolute atomic E-state index is 0.333. The molecule has 2 rings (SSSR count). The van der Waals surface area contributed by atoms with E-state index in [1.54, 1.807) is 11.3 Å². The van der Waals surface area contributed by atoms with Crippen LogP contribution < -0.4 is 10.6 Å². The maximum atomic E-state index is 12.1. The number of hydrogen-bond donors (Lipinski definition) is 2. The molecule has 0 radical (unpaired) electrons. The third-order valence-electron chi connectivity index (χ3n) is 4.83. The summed E-state index contributed by atoms with van der Waals surface area (Å²) in [5.41, 5.74) is 1.22. The quantitative estimate of drug-likeness (QED) is 0.521. The van der Waals surface area contributed by atoms with Crippen LogP contribution in [0.25, 0.3) is 0 Å². The molecular formula is C19H34N4OS2. The third kappa shape index (κ3) is 6.34. The zero-order valence-electron chi connectivity index (χ0n) is 16.6. The summed E-state index contributed by atoms with van der Waals surface area (Å²) in [5, 5.41) is 8.42. The van der Waals surface area contributed by atoms with Crippen LogP contribution in [0.3, 0.4) is 0 Å². The first-order valence-electron chi connectivity index (χ1n) is 9.94. The highest BCUT2D eigenvalue weighted by molar-refractivity contribution is 7.85. The summed E-state index contributed by atoms with van der Waals surface area (Å²) in [6.07, 6.45) is 6.23. The molecule has 1 saturated carbocycles. The van der Waals surface area contributed by atoms with Crippen LogP contribution >= 0.6 is 11.3 Å². The number of thiazole rings is 1. The molecule has 0 saturated heterocycles. The summed E-state index contributed by atoms with van der Waals surface area (Å²) in [5.74, 6) is 1.64. The molecule has 1 aromatic heterocycles. The number of aryl methyl sites for hydroxylation is 2. The SMILES string of the molecule is CCNC(=NCCc1nc(CC)c(C)s1)NC1CCCC(S(=O)CC)C1. The summed E-state index contributed by atoms with van der Waals surface area (Å²) < 4.78 is 12.1. The minimum Gasteiger partial charge on any atom is -0.357 e. The van der Waals surface area contributed by atoms with Crippen molar-refractivity contribution in [2.75, 3.05) is 18.8 Å². The first kappa shape index (κ1) is 21.4. The van der Waals surface area contributed by atoms with Gasteiger partial charge in [0.15, 0.2) is 5.96 Å². The summed E-state index contributed by atoms with van der Waals surface area (Å²) in [6, 6.07) is 0.371. The fourth-order valence-electron chi connectivity index (χ4n) is 3.45. The van der Waals surface area contributed by atoms with E-state index >= 15 is 0 Å². The fraction of sp³-hybridized carbons (Fsp3) is 0.789. The number of rotatable bonds is 8. The molecule has 1 heterocycles. The first-order valence-corrected chi connectivity index (χ1v) is 12.1. The number of aliphatic imine (C=N–C) groups is 1. The Morgan fingerprint density at radius 1 is 1.35 bits per heavy atom. The average molecular weight is 399 g/mol. The molecule has 3 atom stereocenters. The second-order valence-corrected chi connectivity index (χ2v) is 10.1. The molecule has 1 aliphatic rings. The van der Waals surface area contributed by atoms with E-state index in [4.69, 9.17) is 9.98 Å². The number of hydrogen-bond acceptors (Lipinski definition) is 4. The zero-order chi connectivity index (χ0) is 18.9. The maximum absolute atomic E-state index is 12.1. The van der Waals surface area contributed by atoms with E-state index in [9.17, 15) is 4.21 Å². The van der Waals surface area contributed by atoms with Crippen molar-refractivity contribution in [2.24, 2.45) is 4.99 Å². The highest BCUT2D eigenvalue weighted by Crippen LogP contribution is 2.23. The van der Waals surface area contributed by atoms with E-state index in [0.29, 0.717) is 11.3 Å². The van der Waals surface area contributed by atoms with Gasteiger partial charge in [0, 0.05) is 52.2 Å². The van der Waals surface area contributed by atoms with Crippen molar-refractivity contribution < 1.29 is 4.21 Å². The lowest BCUT2D eigenvalue weighted by atomic mass is 9.95. The number of aromatic nitrogens is 1. The van der Waals surface area contributed by atoms with Gasteiger partial charge in [-0.05, 0) is 39.5 Å². The molecule has 0 aliphatic heterocycles. The molecule has 1 fully saturated rings. The molecule has 2 N–H and O–H groups in total. The van der Waals surface area contributed by atoms with Crippen LogP contribution in [-0.4, -0.2) is 45.3 Å². The van der Waals surface area contributed by atoms with Gasteiger partial charge >= 0.3 is 0 Å². The smallest absolute Gasteiger partial charge is 0.191 e. The molecule has 0 amide bonds. The van der Waals surface area contributed by atoms with E-state index in [0.717, 1.165) is 63.3 Å². The Hall–Kier alpha value is -0.950. The summed E-state index contributed by atoms with van der Waals surface area (Å²) >= 11 is 1.79. The molecule has 0 bridgehead atoms. The number of guanidine groups is 1. The van der Waals surface area contributed by atoms with Crippen LogP contribution in [0, 0.1) is 6.92 Å². The molecule has 5 nitrogen and oxygen atoms in total. The normalized spacial score (nSPS) is 22.2. The molecule has 3 unspecified atom stereocenters. The summed E-state index contributed by atoms with van der Waals surface area (Å²) in [7, 11) is -0.691. The van der Waals surface area contributed by atoms with Crippen molar-refractivity contribution in [3.05, 3.63) is 15.6 Å². The van der Waals surface area contributed by atoms with Gasteiger partial charge in [-0.3, -0.25) is 9.20 Å². The highest BCUT2D eigenvalue weighted by atomic mass is 32.2. The largest absolute Gasteiger partial charge is 0.357 e. The van der Waals surface area contributed by atoms with Crippen LogP contribution in [0.2, 0.25) is 0 Å². The lowest BCUT2D eigenvalue weighted by molar-refractivity contribution is 0.413. The van der Waals surface area contributed by atoms with E-state index in [2.05, 4.69) is 31.4 Å². The molecule has 1 aromatic rings. The Morgan fingerprint density at radius 2 is 2.15 bits per heavy atom. The minimum atomic E-state index is -0.691. The van der Waals surface area contributed by atoms with Crippen molar-refractivity contribution in [1.29, 1.82) is 0 Å². The van der Waals surface area contributed by atoms with E-state index < -0.39 is 10.8 Å². The average Bonchev–Trinajstić information content (AvgIpc) is 3.01. The van der Waals surface area contributed by atoms with Crippen LogP contribution in [0.15, 0.2) is 4.99 Å². The summed E-state index contributed by atoms with van der Waals surface area (Å²) in [6.45, 7) is 9.99. The van der Waals surface area contributed by atoms with E-state index in [1.807, 2.05) is 6.92 Å². The Morgan fingerprint density at radius 3 is 2.81 bits per heavy atom. The van der Waals surface area contributed by atoms with Crippen LogP contribution in [0.5, 0.6) is 0 Å². The van der Waals surface area contributed by atoms with Crippen molar-refractivity contribution in [1.82, 2.24) is 15.6 Å². The Balaban J connectivity index is 1.90. The predicted molar refractivity (Wildman–Crippen MR) is 114 cm³/mol. The lowest BCUT2D eigenvalue weighted by Crippen LogP contribution is -2.46. The predicted octanol–water partition coefficient (Wildman–Crippen LogP) is 3.19. The topological polar surface area (TPSA) is 66.4 Å². The molecular weight excluding hydrogens is 364 g/mol. The first-order chi connectivity index (χ1) is 12.6. The van der Waals surface area contributed by atoms with Gasteiger partial charge < -0.3 is 10.6 Å². The van der Waals surface area contributed by atoms with Gasteiger partial charge in [-0.15, -0.1) is 11.3 Å². The van der Waals surface area contributed by atoms with Gasteiger partial charge in [0.1, 0.15) is 0 Å². The molecule has 148 valence electrons.